The first kappa shape index (κ1) is 16.8. The van der Waals surface area contributed by atoms with Crippen molar-refractivity contribution < 1.29 is 4.74 Å². The van der Waals surface area contributed by atoms with Gasteiger partial charge in [-0.1, -0.05) is 18.2 Å². The second-order valence-electron chi connectivity index (χ2n) is 5.09. The number of aromatic nitrogens is 3. The zero-order valence-electron chi connectivity index (χ0n) is 13.9. The number of nitrogens with zero attached hydrogens (tertiary/aromatic N) is 4. The van der Waals surface area contributed by atoms with Crippen molar-refractivity contribution in [2.45, 2.75) is 19.9 Å². The number of aliphatic imine (C=N–C) groups is 1. The third kappa shape index (κ3) is 5.28. The molecule has 0 aliphatic rings. The van der Waals surface area contributed by atoms with Gasteiger partial charge in [0.2, 0.25) is 0 Å². The smallest absolute Gasteiger partial charge is 0.191 e. The molecule has 1 aromatic heterocycles. The molecule has 0 spiro atoms. The molecule has 1 heterocycles. The molecule has 124 valence electrons. The highest BCUT2D eigenvalue weighted by molar-refractivity contribution is 5.79. The van der Waals surface area contributed by atoms with Crippen LogP contribution in [0, 0.1) is 6.92 Å². The summed E-state index contributed by atoms with van der Waals surface area (Å²) in [5.74, 6) is 3.40. The van der Waals surface area contributed by atoms with Crippen LogP contribution >= 0.6 is 0 Å². The average Bonchev–Trinajstić information content (AvgIpc) is 2.90. The number of benzene rings is 1. The number of rotatable bonds is 7. The number of para-hydroxylation sites is 1. The van der Waals surface area contributed by atoms with Crippen LogP contribution in [0.5, 0.6) is 5.75 Å². The summed E-state index contributed by atoms with van der Waals surface area (Å²) in [5.41, 5.74) is 0. The van der Waals surface area contributed by atoms with Crippen molar-refractivity contribution in [2.24, 2.45) is 12.0 Å². The molecule has 0 saturated heterocycles. The summed E-state index contributed by atoms with van der Waals surface area (Å²) in [4.78, 5) is 4.19. The summed E-state index contributed by atoms with van der Waals surface area (Å²) in [6.07, 6.45) is 0.888. The molecule has 7 heteroatoms. The third-order valence-corrected chi connectivity index (χ3v) is 3.45. The number of ether oxygens (including phenoxy) is 1. The summed E-state index contributed by atoms with van der Waals surface area (Å²) < 4.78 is 7.60. The molecule has 2 rings (SSSR count). The van der Waals surface area contributed by atoms with Crippen LogP contribution in [0.2, 0.25) is 0 Å². The van der Waals surface area contributed by atoms with Crippen molar-refractivity contribution in [2.75, 3.05) is 20.2 Å². The molecule has 0 amide bonds. The fourth-order valence-electron chi connectivity index (χ4n) is 1.97. The van der Waals surface area contributed by atoms with Crippen LogP contribution in [0.3, 0.4) is 0 Å². The van der Waals surface area contributed by atoms with E-state index in [1.807, 2.05) is 48.9 Å². The van der Waals surface area contributed by atoms with Gasteiger partial charge in [-0.05, 0) is 25.5 Å². The largest absolute Gasteiger partial charge is 0.494 e. The first-order chi connectivity index (χ1) is 11.2. The molecule has 7 nitrogen and oxygen atoms in total. The molecule has 0 fully saturated rings. The minimum absolute atomic E-state index is 0.581. The zero-order valence-corrected chi connectivity index (χ0v) is 13.9. The van der Waals surface area contributed by atoms with Crippen molar-refractivity contribution in [3.05, 3.63) is 42.0 Å². The molecular formula is C16H24N6O. The van der Waals surface area contributed by atoms with Gasteiger partial charge in [-0.2, -0.15) is 0 Å². The predicted molar refractivity (Wildman–Crippen MR) is 90.5 cm³/mol. The lowest BCUT2D eigenvalue weighted by Crippen LogP contribution is -2.38. The summed E-state index contributed by atoms with van der Waals surface area (Å²) in [6.45, 7) is 3.95. The van der Waals surface area contributed by atoms with E-state index in [4.69, 9.17) is 4.74 Å². The Morgan fingerprint density at radius 1 is 1.22 bits per heavy atom. The number of guanidine groups is 1. The number of hydrogen-bond acceptors (Lipinski definition) is 4. The van der Waals surface area contributed by atoms with E-state index in [-0.39, 0.29) is 0 Å². The van der Waals surface area contributed by atoms with E-state index in [1.165, 1.54) is 0 Å². The third-order valence-electron chi connectivity index (χ3n) is 3.45. The van der Waals surface area contributed by atoms with Crippen molar-refractivity contribution in [3.8, 4) is 5.75 Å². The lowest BCUT2D eigenvalue weighted by atomic mass is 10.3. The van der Waals surface area contributed by atoms with Gasteiger partial charge in [0.1, 0.15) is 11.6 Å². The summed E-state index contributed by atoms with van der Waals surface area (Å²) in [7, 11) is 3.70. The van der Waals surface area contributed by atoms with Crippen molar-refractivity contribution in [3.63, 3.8) is 0 Å². The maximum Gasteiger partial charge on any atom is 0.191 e. The molecule has 0 saturated carbocycles. The minimum atomic E-state index is 0.581. The topological polar surface area (TPSA) is 76.4 Å². The van der Waals surface area contributed by atoms with Gasteiger partial charge in [0.15, 0.2) is 11.8 Å². The molecule has 23 heavy (non-hydrogen) atoms. The second kappa shape index (κ2) is 8.77. The summed E-state index contributed by atoms with van der Waals surface area (Å²) >= 11 is 0. The Morgan fingerprint density at radius 2 is 2.00 bits per heavy atom. The van der Waals surface area contributed by atoms with Crippen molar-refractivity contribution in [1.29, 1.82) is 0 Å². The lowest BCUT2D eigenvalue weighted by Gasteiger charge is -2.12. The van der Waals surface area contributed by atoms with Crippen LogP contribution in [0.4, 0.5) is 0 Å². The van der Waals surface area contributed by atoms with E-state index in [9.17, 15) is 0 Å². The van der Waals surface area contributed by atoms with Crippen LogP contribution in [-0.4, -0.2) is 40.9 Å². The Hall–Kier alpha value is -2.57. The van der Waals surface area contributed by atoms with Gasteiger partial charge in [-0.25, -0.2) is 0 Å². The first-order valence-corrected chi connectivity index (χ1v) is 7.68. The maximum atomic E-state index is 5.65. The Bertz CT molecular complexity index is 623. The first-order valence-electron chi connectivity index (χ1n) is 7.68. The SMILES string of the molecule is CN=C(NCCCOc1ccccc1)NCc1nnc(C)n1C. The van der Waals surface area contributed by atoms with E-state index in [1.54, 1.807) is 7.05 Å². The molecule has 0 aliphatic carbocycles. The molecule has 1 aromatic carbocycles. The van der Waals surface area contributed by atoms with Gasteiger partial charge < -0.3 is 19.9 Å². The van der Waals surface area contributed by atoms with E-state index in [2.05, 4.69) is 25.8 Å². The quantitative estimate of drug-likeness (QED) is 0.457. The lowest BCUT2D eigenvalue weighted by molar-refractivity contribution is 0.311. The van der Waals surface area contributed by atoms with Crippen LogP contribution in [0.25, 0.3) is 0 Å². The minimum Gasteiger partial charge on any atom is -0.494 e. The monoisotopic (exact) mass is 316 g/mol. The molecule has 0 aliphatic heterocycles. The van der Waals surface area contributed by atoms with Gasteiger partial charge in [-0.3, -0.25) is 4.99 Å². The Kier molecular flexibility index (Phi) is 6.40. The van der Waals surface area contributed by atoms with E-state index in [0.717, 1.165) is 36.3 Å². The summed E-state index contributed by atoms with van der Waals surface area (Å²) in [5, 5.41) is 14.6. The standard InChI is InChI=1S/C16H24N6O/c1-13-20-21-15(22(13)3)12-19-16(17-2)18-10-7-11-23-14-8-5-4-6-9-14/h4-6,8-9H,7,10-12H2,1-3H3,(H2,17,18,19). The highest BCUT2D eigenvalue weighted by Gasteiger charge is 2.05. The van der Waals surface area contributed by atoms with Gasteiger partial charge in [0.05, 0.1) is 13.2 Å². The molecule has 0 radical (unpaired) electrons. The maximum absolute atomic E-state index is 5.65. The van der Waals surface area contributed by atoms with Crippen LogP contribution in [0.15, 0.2) is 35.3 Å². The van der Waals surface area contributed by atoms with Crippen LogP contribution in [0.1, 0.15) is 18.1 Å². The average molecular weight is 316 g/mol. The number of hydrogen-bond donors (Lipinski definition) is 2. The fourth-order valence-corrected chi connectivity index (χ4v) is 1.97. The summed E-state index contributed by atoms with van der Waals surface area (Å²) in [6, 6.07) is 9.82. The van der Waals surface area contributed by atoms with Crippen LogP contribution < -0.4 is 15.4 Å². The Balaban J connectivity index is 1.64. The molecule has 0 unspecified atom stereocenters. The van der Waals surface area contributed by atoms with E-state index < -0.39 is 0 Å². The van der Waals surface area contributed by atoms with Gasteiger partial charge >= 0.3 is 0 Å². The molecular weight excluding hydrogens is 292 g/mol. The van der Waals surface area contributed by atoms with Crippen molar-refractivity contribution >= 4 is 5.96 Å². The molecule has 2 N–H and O–H groups in total. The van der Waals surface area contributed by atoms with Gasteiger partial charge in [-0.15, -0.1) is 10.2 Å². The second-order valence-corrected chi connectivity index (χ2v) is 5.09. The number of aryl methyl sites for hydroxylation is 1. The van der Waals surface area contributed by atoms with E-state index >= 15 is 0 Å². The number of nitrogens with one attached hydrogen (secondary N) is 2. The normalized spacial score (nSPS) is 11.3. The fraction of sp³-hybridized carbons (Fsp3) is 0.438. The highest BCUT2D eigenvalue weighted by atomic mass is 16.5. The van der Waals surface area contributed by atoms with Crippen LogP contribution in [-0.2, 0) is 13.6 Å². The highest BCUT2D eigenvalue weighted by Crippen LogP contribution is 2.07. The Labute approximate surface area is 136 Å². The van der Waals surface area contributed by atoms with Crippen molar-refractivity contribution in [1.82, 2.24) is 25.4 Å². The molecule has 2 aromatic rings. The predicted octanol–water partition coefficient (Wildman–Crippen LogP) is 1.26. The van der Waals surface area contributed by atoms with E-state index in [0.29, 0.717) is 13.2 Å². The Morgan fingerprint density at radius 3 is 2.65 bits per heavy atom. The zero-order chi connectivity index (χ0) is 16.5. The molecule has 0 bridgehead atoms. The molecule has 0 atom stereocenters. The van der Waals surface area contributed by atoms with Gasteiger partial charge in [0, 0.05) is 20.6 Å². The van der Waals surface area contributed by atoms with Gasteiger partial charge in [0.25, 0.3) is 0 Å².